The van der Waals surface area contributed by atoms with Crippen LogP contribution < -0.4 is 4.74 Å². The molecule has 0 radical (unpaired) electrons. The molecule has 1 heterocycles. The molecule has 1 aromatic rings. The molecule has 31 heavy (non-hydrogen) atoms. The van der Waals surface area contributed by atoms with Crippen molar-refractivity contribution in [1.29, 1.82) is 0 Å². The van der Waals surface area contributed by atoms with Gasteiger partial charge in [0, 0.05) is 5.56 Å². The summed E-state index contributed by atoms with van der Waals surface area (Å²) in [6, 6.07) is 1.84. The maximum atomic E-state index is 10.2. The fourth-order valence-corrected chi connectivity index (χ4v) is 5.34. The van der Waals surface area contributed by atoms with Gasteiger partial charge in [0.2, 0.25) is 0 Å². The Morgan fingerprint density at radius 3 is 2.42 bits per heavy atom. The van der Waals surface area contributed by atoms with Crippen LogP contribution in [0.2, 0.25) is 0 Å². The smallest absolute Gasteiger partial charge is 0.126 e. The molecule has 1 unspecified atom stereocenters. The normalized spacial score (nSPS) is 20.5. The van der Waals surface area contributed by atoms with Crippen LogP contribution in [0.4, 0.5) is 0 Å². The van der Waals surface area contributed by atoms with Crippen molar-refractivity contribution < 1.29 is 9.84 Å². The number of allylic oxidation sites excluding steroid dienone is 4. The second-order valence-corrected chi connectivity index (χ2v) is 11.8. The summed E-state index contributed by atoms with van der Waals surface area (Å²) in [5, 5.41) is 10.2. The highest BCUT2D eigenvalue weighted by Crippen LogP contribution is 2.45. The molecule has 1 aromatic carbocycles. The number of hydrogen-bond acceptors (Lipinski definition) is 2. The molecule has 1 aliphatic heterocycles. The van der Waals surface area contributed by atoms with E-state index >= 15 is 0 Å². The van der Waals surface area contributed by atoms with Crippen LogP contribution in [-0.2, 0) is 6.42 Å². The minimum atomic E-state index is -0.174. The van der Waals surface area contributed by atoms with Gasteiger partial charge < -0.3 is 9.84 Å². The molecule has 1 N–H and O–H groups in total. The topological polar surface area (TPSA) is 29.5 Å². The molecular weight excluding hydrogens is 380 g/mol. The molecule has 0 aliphatic carbocycles. The second kappa shape index (κ2) is 9.43. The van der Waals surface area contributed by atoms with Gasteiger partial charge in [-0.05, 0) is 101 Å². The molecule has 2 heteroatoms. The van der Waals surface area contributed by atoms with Gasteiger partial charge in [-0.1, -0.05) is 57.9 Å². The lowest BCUT2D eigenvalue weighted by Gasteiger charge is -2.42. The van der Waals surface area contributed by atoms with E-state index in [0.717, 1.165) is 55.4 Å². The summed E-state index contributed by atoms with van der Waals surface area (Å²) < 4.78 is 6.63. The number of benzene rings is 1. The maximum Gasteiger partial charge on any atom is 0.126 e. The summed E-state index contributed by atoms with van der Waals surface area (Å²) in [6.07, 6.45) is 11.1. The summed E-state index contributed by atoms with van der Waals surface area (Å²) in [7, 11) is 0. The lowest BCUT2D eigenvalue weighted by Crippen LogP contribution is -2.41. The molecule has 1 aliphatic rings. The van der Waals surface area contributed by atoms with Crippen molar-refractivity contribution in [2.75, 3.05) is 0 Å². The minimum absolute atomic E-state index is 0.159. The van der Waals surface area contributed by atoms with Crippen LogP contribution in [0, 0.1) is 24.7 Å². The largest absolute Gasteiger partial charge is 0.508 e. The Hall–Kier alpha value is -1.70. The predicted octanol–water partition coefficient (Wildman–Crippen LogP) is 8.62. The van der Waals surface area contributed by atoms with Gasteiger partial charge in [0.25, 0.3) is 0 Å². The quantitative estimate of drug-likeness (QED) is 0.421. The van der Waals surface area contributed by atoms with Gasteiger partial charge in [0.05, 0.1) is 0 Å². The fraction of sp³-hybridized carbons (Fsp3) is 0.655. The van der Waals surface area contributed by atoms with Crippen molar-refractivity contribution in [1.82, 2.24) is 0 Å². The van der Waals surface area contributed by atoms with Crippen LogP contribution in [0.1, 0.15) is 104 Å². The van der Waals surface area contributed by atoms with Gasteiger partial charge in [-0.15, -0.1) is 0 Å². The van der Waals surface area contributed by atoms with E-state index in [2.05, 4.69) is 67.5 Å². The lowest BCUT2D eigenvalue weighted by molar-refractivity contribution is 0.0201. The van der Waals surface area contributed by atoms with Crippen molar-refractivity contribution in [3.63, 3.8) is 0 Å². The molecule has 0 bridgehead atoms. The number of aryl methyl sites for hydroxylation is 1. The zero-order chi connectivity index (χ0) is 23.6. The van der Waals surface area contributed by atoms with E-state index in [4.69, 9.17) is 4.74 Å². The highest BCUT2D eigenvalue weighted by Gasteiger charge is 2.38. The van der Waals surface area contributed by atoms with Gasteiger partial charge in [0.15, 0.2) is 0 Å². The first kappa shape index (κ1) is 25.6. The maximum absolute atomic E-state index is 10.2. The number of hydrogen-bond donors (Lipinski definition) is 1. The molecule has 0 aromatic heterocycles. The summed E-state index contributed by atoms with van der Waals surface area (Å²) in [6.45, 7) is 22.4. The van der Waals surface area contributed by atoms with Gasteiger partial charge in [-0.3, -0.25) is 0 Å². The Morgan fingerprint density at radius 2 is 1.81 bits per heavy atom. The second-order valence-electron chi connectivity index (χ2n) is 11.8. The first-order valence-corrected chi connectivity index (χ1v) is 12.0. The molecule has 0 spiro atoms. The van der Waals surface area contributed by atoms with Gasteiger partial charge in [-0.2, -0.15) is 0 Å². The highest BCUT2D eigenvalue weighted by molar-refractivity contribution is 5.53. The summed E-state index contributed by atoms with van der Waals surface area (Å²) >= 11 is 0. The van der Waals surface area contributed by atoms with Gasteiger partial charge in [0.1, 0.15) is 17.1 Å². The third-order valence-electron chi connectivity index (χ3n) is 6.86. The predicted molar refractivity (Wildman–Crippen MR) is 134 cm³/mol. The molecule has 2 nitrogen and oxygen atoms in total. The van der Waals surface area contributed by atoms with Crippen LogP contribution in [0.5, 0.6) is 11.5 Å². The molecule has 0 saturated carbocycles. The zero-order valence-electron chi connectivity index (χ0n) is 21.8. The Kier molecular flexibility index (Phi) is 7.77. The molecular formula is C29H46O2. The Balaban J connectivity index is 2.08. The van der Waals surface area contributed by atoms with E-state index < -0.39 is 0 Å². The first-order valence-electron chi connectivity index (χ1n) is 12.0. The fourth-order valence-electron chi connectivity index (χ4n) is 5.34. The van der Waals surface area contributed by atoms with E-state index in [9.17, 15) is 5.11 Å². The molecule has 174 valence electrons. The van der Waals surface area contributed by atoms with Crippen molar-refractivity contribution in [3.8, 4) is 11.5 Å². The molecule has 0 amide bonds. The van der Waals surface area contributed by atoms with E-state index in [0.29, 0.717) is 5.75 Å². The summed E-state index contributed by atoms with van der Waals surface area (Å²) in [4.78, 5) is 0. The number of phenols is 1. The van der Waals surface area contributed by atoms with E-state index in [-0.39, 0.29) is 16.4 Å². The van der Waals surface area contributed by atoms with Crippen LogP contribution in [-0.4, -0.2) is 10.7 Å². The Bertz CT molecular complexity index is 854. The van der Waals surface area contributed by atoms with Crippen molar-refractivity contribution in [3.05, 3.63) is 46.1 Å². The van der Waals surface area contributed by atoms with Crippen LogP contribution in [0.3, 0.4) is 0 Å². The molecule has 1 atom stereocenters. The average molecular weight is 427 g/mol. The average Bonchev–Trinajstić information content (AvgIpc) is 2.63. The van der Waals surface area contributed by atoms with Crippen LogP contribution >= 0.6 is 0 Å². The van der Waals surface area contributed by atoms with Crippen LogP contribution in [0.15, 0.2) is 29.4 Å². The first-order chi connectivity index (χ1) is 14.2. The van der Waals surface area contributed by atoms with Crippen molar-refractivity contribution in [2.45, 2.75) is 113 Å². The van der Waals surface area contributed by atoms with Crippen molar-refractivity contribution in [2.24, 2.45) is 10.8 Å². The van der Waals surface area contributed by atoms with E-state index in [1.807, 2.05) is 19.9 Å². The summed E-state index contributed by atoms with van der Waals surface area (Å²) in [5.41, 5.74) is 6.32. The summed E-state index contributed by atoms with van der Waals surface area (Å²) in [5.74, 6) is 1.38. The Labute approximate surface area is 191 Å². The SMILES string of the molecule is CC/C(C)=C/C(C)(C)C/C(C)=C/CC(C)(C)CC1(C)CCc2c(C)c(O)cc(C)c2O1. The highest BCUT2D eigenvalue weighted by atomic mass is 16.5. The zero-order valence-corrected chi connectivity index (χ0v) is 21.8. The number of ether oxygens (including phenoxy) is 1. The molecule has 0 saturated heterocycles. The van der Waals surface area contributed by atoms with Gasteiger partial charge in [-0.25, -0.2) is 0 Å². The van der Waals surface area contributed by atoms with E-state index in [1.54, 1.807) is 0 Å². The van der Waals surface area contributed by atoms with Crippen molar-refractivity contribution >= 4 is 0 Å². The standard InChI is InChI=1S/C29H46O2/c1-11-20(2)17-28(8,9)18-21(3)12-14-27(6,7)19-29(10)15-13-24-23(5)25(30)16-22(4)26(24)31-29/h12,16-17,30H,11,13-15,18-19H2,1-10H3/b20-17+,21-12+. The third-order valence-corrected chi connectivity index (χ3v) is 6.86. The van der Waals surface area contributed by atoms with E-state index in [1.165, 1.54) is 16.7 Å². The minimum Gasteiger partial charge on any atom is -0.508 e. The monoisotopic (exact) mass is 426 g/mol. The molecule has 2 rings (SSSR count). The number of fused-ring (bicyclic) bond motifs is 1. The Morgan fingerprint density at radius 1 is 1.16 bits per heavy atom. The lowest BCUT2D eigenvalue weighted by atomic mass is 9.74. The van der Waals surface area contributed by atoms with Gasteiger partial charge >= 0.3 is 0 Å². The number of rotatable bonds is 8. The number of aromatic hydroxyl groups is 1. The number of phenolic OH excluding ortho intramolecular Hbond substituents is 1. The van der Waals surface area contributed by atoms with Crippen LogP contribution in [0.25, 0.3) is 0 Å². The molecule has 0 fully saturated rings. The third kappa shape index (κ3) is 6.89.